The van der Waals surface area contributed by atoms with Crippen LogP contribution in [0.4, 0.5) is 0 Å². The lowest BCUT2D eigenvalue weighted by atomic mass is 10.1. The second-order valence-electron chi connectivity index (χ2n) is 32.4. The Morgan fingerprint density at radius 1 is 0.245 bits per heavy atom. The lowest BCUT2D eigenvalue weighted by Gasteiger charge is -2.20. The summed E-state index contributed by atoms with van der Waals surface area (Å²) in [6, 6.07) is 24.3. The predicted octanol–water partition coefficient (Wildman–Crippen LogP) is 33.1. The van der Waals surface area contributed by atoms with E-state index in [1.54, 1.807) is 6.08 Å². The molecule has 0 unspecified atom stereocenters. The molecule has 0 N–H and O–H groups in total. The van der Waals surface area contributed by atoms with Gasteiger partial charge in [0, 0.05) is 11.6 Å². The fourth-order valence-corrected chi connectivity index (χ4v) is 14.8. The number of benzene rings is 4. The molecule has 0 saturated heterocycles. The fraction of sp³-hybridized carbons (Fsp3) is 0.725. The molecule has 8 heteroatoms. The van der Waals surface area contributed by atoms with Crippen LogP contribution in [0.2, 0.25) is 0 Å². The molecule has 0 aliphatic heterocycles. The standard InChI is InChI=1S/C102H168O8/c1-8-15-21-27-33-39-45-51-57-63-77-103-97-83-92(84-98(104-78-64-58-52-46-40-34-28-22-16-9-2)101(97)107-81-67-61-55-49-43-37-31-25-19-12-5)88-109-95-75-76-96(94(87-95)74-73-91-71-69-90(14-7)70-72-91)110-89-93-85-99(105-79-65-59-53-47-41-35-29-23-17-10-3)102(108-82-68-62-56-50-44-38-32-26-20-13-6)100(86-93)106-80-66-60-54-48-42-36-30-24-18-11-4/h7,14,69-74,76,83-87H,8-13,15-68,77-82,88-89H2,1-6H3. The number of hydrogen-bond acceptors (Lipinski definition) is 8. The molecule has 0 fully saturated rings. The summed E-state index contributed by atoms with van der Waals surface area (Å²) in [4.78, 5) is 0. The summed E-state index contributed by atoms with van der Waals surface area (Å²) in [6.07, 6.45) is 82.4. The van der Waals surface area contributed by atoms with E-state index in [0.29, 0.717) is 51.1 Å². The molecule has 2 radical (unpaired) electrons. The molecule has 0 aliphatic rings. The van der Waals surface area contributed by atoms with Crippen LogP contribution in [-0.2, 0) is 13.2 Å². The highest BCUT2D eigenvalue weighted by Crippen LogP contribution is 2.42. The minimum Gasteiger partial charge on any atom is -0.490 e. The van der Waals surface area contributed by atoms with Gasteiger partial charge < -0.3 is 37.9 Å². The zero-order valence-electron chi connectivity index (χ0n) is 72.4. The van der Waals surface area contributed by atoms with Gasteiger partial charge in [-0.25, -0.2) is 0 Å². The largest absolute Gasteiger partial charge is 0.490 e. The van der Waals surface area contributed by atoms with Crippen LogP contribution in [0.5, 0.6) is 46.0 Å². The third kappa shape index (κ3) is 50.8. The Hall–Kier alpha value is -5.24. The summed E-state index contributed by atoms with van der Waals surface area (Å²) in [5.74, 6) is 5.74. The first-order valence-corrected chi connectivity index (χ1v) is 47.2. The topological polar surface area (TPSA) is 73.8 Å². The van der Waals surface area contributed by atoms with Crippen molar-refractivity contribution in [3.05, 3.63) is 101 Å². The summed E-state index contributed by atoms with van der Waals surface area (Å²) in [6.45, 7) is 24.1. The van der Waals surface area contributed by atoms with Crippen LogP contribution in [0.25, 0.3) is 18.2 Å². The lowest BCUT2D eigenvalue weighted by molar-refractivity contribution is 0.232. The Labute approximate surface area is 679 Å². The van der Waals surface area contributed by atoms with E-state index in [2.05, 4.69) is 102 Å². The minimum atomic E-state index is 0.287. The van der Waals surface area contributed by atoms with Crippen molar-refractivity contribution in [2.75, 3.05) is 39.6 Å². The Morgan fingerprint density at radius 3 is 0.745 bits per heavy atom. The number of hydrogen-bond donors (Lipinski definition) is 0. The third-order valence-electron chi connectivity index (χ3n) is 22.0. The van der Waals surface area contributed by atoms with Gasteiger partial charge in [0.25, 0.3) is 0 Å². The van der Waals surface area contributed by atoms with Crippen LogP contribution in [0.1, 0.15) is 455 Å². The summed E-state index contributed by atoms with van der Waals surface area (Å²) in [5, 5.41) is 0. The van der Waals surface area contributed by atoms with Gasteiger partial charge in [0.2, 0.25) is 11.5 Å². The lowest BCUT2D eigenvalue weighted by Crippen LogP contribution is -2.08. The zero-order valence-corrected chi connectivity index (χ0v) is 72.4. The van der Waals surface area contributed by atoms with E-state index in [9.17, 15) is 0 Å². The quantitative estimate of drug-likeness (QED) is 0.0320. The molecule has 0 aliphatic carbocycles. The van der Waals surface area contributed by atoms with Gasteiger partial charge >= 0.3 is 0 Å². The second-order valence-corrected chi connectivity index (χ2v) is 32.4. The van der Waals surface area contributed by atoms with Crippen molar-refractivity contribution in [1.29, 1.82) is 0 Å². The Balaban J connectivity index is 1.66. The van der Waals surface area contributed by atoms with Gasteiger partial charge in [0.1, 0.15) is 24.7 Å². The molecule has 624 valence electrons. The van der Waals surface area contributed by atoms with Crippen LogP contribution in [0, 0.1) is 12.6 Å². The van der Waals surface area contributed by atoms with Gasteiger partial charge in [-0.3, -0.25) is 0 Å². The first kappa shape index (κ1) is 97.1. The van der Waals surface area contributed by atoms with E-state index in [4.69, 9.17) is 44.5 Å². The normalized spacial score (nSPS) is 11.5. The molecule has 8 nitrogen and oxygen atoms in total. The van der Waals surface area contributed by atoms with Gasteiger partial charge in [0.05, 0.1) is 39.6 Å². The van der Waals surface area contributed by atoms with Crippen molar-refractivity contribution in [2.45, 2.75) is 440 Å². The highest BCUT2D eigenvalue weighted by atomic mass is 16.6. The molecule has 0 heterocycles. The summed E-state index contributed by atoms with van der Waals surface area (Å²) >= 11 is 0. The van der Waals surface area contributed by atoms with Gasteiger partial charge in [-0.05, 0) is 97.2 Å². The van der Waals surface area contributed by atoms with Crippen LogP contribution < -0.4 is 37.9 Å². The maximum atomic E-state index is 6.96. The van der Waals surface area contributed by atoms with E-state index >= 15 is 0 Å². The van der Waals surface area contributed by atoms with Crippen LogP contribution in [0.3, 0.4) is 0 Å². The van der Waals surface area contributed by atoms with Crippen molar-refractivity contribution >= 4 is 18.2 Å². The predicted molar refractivity (Wildman–Crippen MR) is 475 cm³/mol. The Morgan fingerprint density at radius 2 is 0.482 bits per heavy atom. The third-order valence-corrected chi connectivity index (χ3v) is 22.0. The zero-order chi connectivity index (χ0) is 78.1. The Kier molecular flexibility index (Phi) is 63.2. The van der Waals surface area contributed by atoms with Gasteiger partial charge in [-0.2, -0.15) is 0 Å². The smallest absolute Gasteiger partial charge is 0.203 e. The van der Waals surface area contributed by atoms with Gasteiger partial charge in [-0.1, -0.05) is 437 Å². The summed E-state index contributed by atoms with van der Waals surface area (Å²) in [5.41, 5.74) is 4.81. The molecule has 0 bridgehead atoms. The molecule has 0 amide bonds. The number of ether oxygens (including phenoxy) is 8. The van der Waals surface area contributed by atoms with Crippen LogP contribution in [-0.4, -0.2) is 39.6 Å². The SMILES string of the molecule is [CH]=Cc1ccc(C=Cc2cc(OCc3cc(OCCCCCCCCCCCC)c(OCCCCCCCCCCCC)c(OCCCCCCCCCCCC)c3)[c]cc2OCc2cc(OCCCCCCCCCCCC)c(OCCCCCCCCCCCC)c(OCCCCCCCCCCCC)c2)cc1. The first-order chi connectivity index (χ1) is 54.5. The molecule has 4 rings (SSSR count). The maximum absolute atomic E-state index is 6.96. The molecule has 4 aromatic rings. The Bertz CT molecular complexity index is 2650. The van der Waals surface area contributed by atoms with E-state index in [1.165, 1.54) is 308 Å². The van der Waals surface area contributed by atoms with Gasteiger partial charge in [0.15, 0.2) is 23.0 Å². The van der Waals surface area contributed by atoms with Crippen LogP contribution in [0.15, 0.2) is 60.7 Å². The van der Waals surface area contributed by atoms with E-state index < -0.39 is 0 Å². The first-order valence-electron chi connectivity index (χ1n) is 47.2. The van der Waals surface area contributed by atoms with E-state index in [0.717, 1.165) is 139 Å². The van der Waals surface area contributed by atoms with Crippen molar-refractivity contribution in [2.24, 2.45) is 0 Å². The monoisotopic (exact) mass is 1520 g/mol. The minimum absolute atomic E-state index is 0.287. The van der Waals surface area contributed by atoms with E-state index in [1.807, 2.05) is 18.2 Å². The molecule has 4 aromatic carbocycles. The van der Waals surface area contributed by atoms with Gasteiger partial charge in [-0.15, -0.1) is 0 Å². The molecular formula is C102H168O8. The highest BCUT2D eigenvalue weighted by Gasteiger charge is 2.20. The number of unbranched alkanes of at least 4 members (excludes halogenated alkanes) is 54. The molecule has 0 aromatic heterocycles. The molecular weight excluding hydrogens is 1350 g/mol. The van der Waals surface area contributed by atoms with Crippen molar-refractivity contribution in [3.8, 4) is 46.0 Å². The molecule has 0 saturated carbocycles. The molecule has 110 heavy (non-hydrogen) atoms. The molecule has 0 atom stereocenters. The van der Waals surface area contributed by atoms with Crippen molar-refractivity contribution in [3.63, 3.8) is 0 Å². The number of rotatable bonds is 81. The van der Waals surface area contributed by atoms with Crippen LogP contribution >= 0.6 is 0 Å². The molecule has 0 spiro atoms. The second kappa shape index (κ2) is 71.5. The van der Waals surface area contributed by atoms with Crippen molar-refractivity contribution < 1.29 is 37.9 Å². The van der Waals surface area contributed by atoms with E-state index in [-0.39, 0.29) is 13.2 Å². The average molecular weight is 1520 g/mol. The summed E-state index contributed by atoms with van der Waals surface area (Å²) in [7, 11) is 0. The fourth-order valence-electron chi connectivity index (χ4n) is 14.8. The summed E-state index contributed by atoms with van der Waals surface area (Å²) < 4.78 is 54.8. The highest BCUT2D eigenvalue weighted by molar-refractivity contribution is 5.74. The van der Waals surface area contributed by atoms with Crippen molar-refractivity contribution in [1.82, 2.24) is 0 Å². The average Bonchev–Trinajstić information content (AvgIpc) is 0.824. The maximum Gasteiger partial charge on any atom is 0.203 e.